The third kappa shape index (κ3) is 2.92. The first-order chi connectivity index (χ1) is 8.33. The van der Waals surface area contributed by atoms with Gasteiger partial charge < -0.3 is 5.11 Å². The van der Waals surface area contributed by atoms with Crippen LogP contribution in [-0.4, -0.2) is 40.8 Å². The summed E-state index contributed by atoms with van der Waals surface area (Å²) in [6.07, 6.45) is -0.719. The van der Waals surface area contributed by atoms with E-state index in [1.807, 2.05) is 0 Å². The van der Waals surface area contributed by atoms with Crippen molar-refractivity contribution in [2.24, 2.45) is 5.14 Å². The second kappa shape index (κ2) is 4.49. The molecule has 6 nitrogen and oxygen atoms in total. The molecule has 7 heteroatoms. The second-order valence-electron chi connectivity index (χ2n) is 6.29. The molecular weight excluding hydrogens is 268 g/mol. The summed E-state index contributed by atoms with van der Waals surface area (Å²) in [6.45, 7) is 10.6. The van der Waals surface area contributed by atoms with Crippen molar-refractivity contribution in [2.45, 2.75) is 56.9 Å². The van der Waals surface area contributed by atoms with Crippen molar-refractivity contribution in [1.29, 1.82) is 0 Å². The molecule has 2 unspecified atom stereocenters. The molecule has 0 spiro atoms. The molecule has 0 heterocycles. The van der Waals surface area contributed by atoms with E-state index in [2.05, 4.69) is 6.58 Å². The highest BCUT2D eigenvalue weighted by atomic mass is 32.2. The molecule has 0 aromatic carbocycles. The number of nitrogens with zero attached hydrogens (tertiary/aromatic N) is 1. The van der Waals surface area contributed by atoms with Crippen molar-refractivity contribution in [3.63, 3.8) is 0 Å². The van der Waals surface area contributed by atoms with Gasteiger partial charge >= 0.3 is 6.09 Å². The van der Waals surface area contributed by atoms with Crippen LogP contribution in [0.1, 0.15) is 40.5 Å². The first-order valence-corrected chi connectivity index (χ1v) is 7.56. The SMILES string of the molecule is C=C(C)CC1(S(N)(=O)=O)CC1N(C(=O)O)C(C)(C)C. The highest BCUT2D eigenvalue weighted by Crippen LogP contribution is 2.52. The monoisotopic (exact) mass is 290 g/mol. The second-order valence-corrected chi connectivity index (χ2v) is 8.19. The number of allylic oxidation sites excluding steroid dienone is 1. The number of rotatable bonds is 4. The Balaban J connectivity index is 3.17. The Morgan fingerprint density at radius 1 is 1.53 bits per heavy atom. The molecule has 2 atom stereocenters. The van der Waals surface area contributed by atoms with E-state index in [1.165, 1.54) is 4.90 Å². The van der Waals surface area contributed by atoms with Gasteiger partial charge in [-0.3, -0.25) is 4.90 Å². The number of sulfonamides is 1. The van der Waals surface area contributed by atoms with Crippen molar-refractivity contribution in [3.05, 3.63) is 12.2 Å². The van der Waals surface area contributed by atoms with Crippen molar-refractivity contribution >= 4 is 16.1 Å². The lowest BCUT2D eigenvalue weighted by atomic mass is 10.1. The molecule has 0 bridgehead atoms. The topological polar surface area (TPSA) is 101 Å². The first-order valence-electron chi connectivity index (χ1n) is 6.02. The molecule has 0 aromatic heterocycles. The Morgan fingerprint density at radius 3 is 2.26 bits per heavy atom. The maximum atomic E-state index is 11.8. The lowest BCUT2D eigenvalue weighted by Crippen LogP contribution is -2.51. The van der Waals surface area contributed by atoms with Gasteiger partial charge in [-0.1, -0.05) is 5.57 Å². The molecule has 1 aliphatic rings. The van der Waals surface area contributed by atoms with E-state index in [-0.39, 0.29) is 12.8 Å². The standard InChI is InChI=1S/C12H22N2O4S/c1-8(2)6-12(19(13,17)18)7-9(12)14(10(15)16)11(3,4)5/h9H,1,6-7H2,2-5H3,(H,15,16)(H2,13,17,18). The van der Waals surface area contributed by atoms with Gasteiger partial charge in [0, 0.05) is 5.54 Å². The van der Waals surface area contributed by atoms with Crippen molar-refractivity contribution in [3.8, 4) is 0 Å². The normalized spacial score (nSPS) is 26.9. The van der Waals surface area contributed by atoms with Crippen LogP contribution in [0.2, 0.25) is 0 Å². The molecule has 0 saturated heterocycles. The number of nitrogens with two attached hydrogens (primary N) is 1. The Hall–Kier alpha value is -1.08. The zero-order valence-corrected chi connectivity index (χ0v) is 12.6. The van der Waals surface area contributed by atoms with Gasteiger partial charge in [0.2, 0.25) is 10.0 Å². The molecule has 19 heavy (non-hydrogen) atoms. The average Bonchev–Trinajstić information content (AvgIpc) is 2.73. The maximum absolute atomic E-state index is 11.8. The minimum atomic E-state index is -3.84. The van der Waals surface area contributed by atoms with Gasteiger partial charge in [-0.2, -0.15) is 0 Å². The van der Waals surface area contributed by atoms with Crippen LogP contribution in [0, 0.1) is 0 Å². The van der Waals surface area contributed by atoms with Crippen LogP contribution in [0.4, 0.5) is 4.79 Å². The first kappa shape index (κ1) is 16.0. The van der Waals surface area contributed by atoms with Gasteiger partial charge in [-0.15, -0.1) is 6.58 Å². The number of carboxylic acid groups (broad SMARTS) is 1. The Kier molecular flexibility index (Phi) is 3.77. The van der Waals surface area contributed by atoms with E-state index < -0.39 is 32.4 Å². The van der Waals surface area contributed by atoms with Crippen LogP contribution in [0.25, 0.3) is 0 Å². The molecule has 3 N–H and O–H groups in total. The summed E-state index contributed by atoms with van der Waals surface area (Å²) >= 11 is 0. The third-order valence-corrected chi connectivity index (χ3v) is 5.11. The van der Waals surface area contributed by atoms with Gasteiger partial charge in [-0.25, -0.2) is 18.4 Å². The summed E-state index contributed by atoms with van der Waals surface area (Å²) in [5.74, 6) is 0. The zero-order chi connectivity index (χ0) is 15.2. The number of amides is 1. The van der Waals surface area contributed by atoms with E-state index in [1.54, 1.807) is 27.7 Å². The number of hydrogen-bond acceptors (Lipinski definition) is 3. The van der Waals surface area contributed by atoms with Gasteiger partial charge in [0.25, 0.3) is 0 Å². The molecule has 1 saturated carbocycles. The fraction of sp³-hybridized carbons (Fsp3) is 0.750. The largest absolute Gasteiger partial charge is 0.465 e. The Labute approximate surface area is 114 Å². The van der Waals surface area contributed by atoms with E-state index in [9.17, 15) is 18.3 Å². The van der Waals surface area contributed by atoms with Gasteiger partial charge in [0.05, 0.1) is 6.04 Å². The zero-order valence-electron chi connectivity index (χ0n) is 11.8. The van der Waals surface area contributed by atoms with Crippen molar-refractivity contribution in [2.75, 3.05) is 0 Å². The fourth-order valence-corrected chi connectivity index (χ4v) is 3.91. The predicted molar refractivity (Wildman–Crippen MR) is 73.3 cm³/mol. The minimum absolute atomic E-state index is 0.191. The molecule has 0 radical (unpaired) electrons. The summed E-state index contributed by atoms with van der Waals surface area (Å²) in [5.41, 5.74) is -0.00588. The summed E-state index contributed by atoms with van der Waals surface area (Å²) in [6, 6.07) is -0.614. The van der Waals surface area contributed by atoms with Crippen molar-refractivity contribution in [1.82, 2.24) is 4.90 Å². The fourth-order valence-electron chi connectivity index (χ4n) is 2.59. The summed E-state index contributed by atoms with van der Waals surface area (Å²) in [4.78, 5) is 12.6. The molecular formula is C12H22N2O4S. The van der Waals surface area contributed by atoms with Crippen LogP contribution in [0.15, 0.2) is 12.2 Å². The van der Waals surface area contributed by atoms with Gasteiger partial charge in [-0.05, 0) is 40.5 Å². The number of hydrogen-bond donors (Lipinski definition) is 2. The van der Waals surface area contributed by atoms with Crippen molar-refractivity contribution < 1.29 is 18.3 Å². The van der Waals surface area contributed by atoms with Crippen LogP contribution < -0.4 is 5.14 Å². The quantitative estimate of drug-likeness (QED) is 0.767. The number of carbonyl (C=O) groups is 1. The highest BCUT2D eigenvalue weighted by molar-refractivity contribution is 7.91. The Bertz CT molecular complexity index is 506. The molecule has 0 aliphatic heterocycles. The molecule has 1 rings (SSSR count). The summed E-state index contributed by atoms with van der Waals surface area (Å²) in [5, 5.41) is 14.6. The molecule has 1 fully saturated rings. The van der Waals surface area contributed by atoms with Crippen LogP contribution in [0.3, 0.4) is 0 Å². The van der Waals surface area contributed by atoms with Gasteiger partial charge in [0.1, 0.15) is 4.75 Å². The minimum Gasteiger partial charge on any atom is -0.465 e. The Morgan fingerprint density at radius 2 is 2.00 bits per heavy atom. The molecule has 1 amide bonds. The van der Waals surface area contributed by atoms with Crippen LogP contribution >= 0.6 is 0 Å². The third-order valence-electron chi connectivity index (χ3n) is 3.39. The molecule has 110 valence electrons. The predicted octanol–water partition coefficient (Wildman–Crippen LogP) is 1.53. The highest BCUT2D eigenvalue weighted by Gasteiger charge is 2.67. The average molecular weight is 290 g/mol. The van der Waals surface area contributed by atoms with Gasteiger partial charge in [0.15, 0.2) is 0 Å². The van der Waals surface area contributed by atoms with E-state index in [0.717, 1.165) is 0 Å². The van der Waals surface area contributed by atoms with E-state index in [4.69, 9.17) is 5.14 Å². The van der Waals surface area contributed by atoms with Crippen LogP contribution in [-0.2, 0) is 10.0 Å². The number of primary sulfonamides is 1. The maximum Gasteiger partial charge on any atom is 0.408 e. The summed E-state index contributed by atoms with van der Waals surface area (Å²) < 4.78 is 22.4. The lowest BCUT2D eigenvalue weighted by molar-refractivity contribution is 0.0927. The van der Waals surface area contributed by atoms with E-state index >= 15 is 0 Å². The smallest absolute Gasteiger partial charge is 0.408 e. The summed E-state index contributed by atoms with van der Waals surface area (Å²) in [7, 11) is -3.84. The molecule has 1 aliphatic carbocycles. The lowest BCUT2D eigenvalue weighted by Gasteiger charge is -2.35. The van der Waals surface area contributed by atoms with Crippen LogP contribution in [0.5, 0.6) is 0 Å². The van der Waals surface area contributed by atoms with E-state index in [0.29, 0.717) is 5.57 Å². The molecule has 0 aromatic rings.